The highest BCUT2D eigenvalue weighted by Gasteiger charge is 2.15. The second-order valence-corrected chi connectivity index (χ2v) is 7.48. The maximum Gasteiger partial charge on any atom is 0.159 e. The molecule has 1 aliphatic rings. The Balaban J connectivity index is 1.61. The van der Waals surface area contributed by atoms with Crippen molar-refractivity contribution < 1.29 is 4.79 Å². The molecule has 2 aromatic rings. The largest absolute Gasteiger partial charge is 0.295 e. The van der Waals surface area contributed by atoms with Crippen LogP contribution in [0.3, 0.4) is 0 Å². The van der Waals surface area contributed by atoms with E-state index < -0.39 is 0 Å². The summed E-state index contributed by atoms with van der Waals surface area (Å²) in [6.45, 7) is 1.59. The van der Waals surface area contributed by atoms with Crippen LogP contribution in [0.25, 0.3) is 12.2 Å². The highest BCUT2D eigenvalue weighted by atomic mass is 32.2. The summed E-state index contributed by atoms with van der Waals surface area (Å²) in [7, 11) is 0. The Labute approximate surface area is 142 Å². The molecule has 0 saturated heterocycles. The fourth-order valence-corrected chi connectivity index (χ4v) is 4.12. The average molecular weight is 322 g/mol. The van der Waals surface area contributed by atoms with Crippen molar-refractivity contribution in [1.29, 1.82) is 0 Å². The minimum absolute atomic E-state index is 0.107. The molecule has 1 saturated carbocycles. The van der Waals surface area contributed by atoms with Gasteiger partial charge in [0, 0.05) is 15.7 Å². The maximum absolute atomic E-state index is 11.3. The number of benzene rings is 2. The Morgan fingerprint density at radius 1 is 0.913 bits per heavy atom. The third kappa shape index (κ3) is 4.59. The number of hydrogen-bond donors (Lipinski definition) is 0. The van der Waals surface area contributed by atoms with E-state index in [9.17, 15) is 4.79 Å². The molecule has 0 unspecified atom stereocenters. The lowest BCUT2D eigenvalue weighted by atomic mass is 10.1. The molecule has 1 fully saturated rings. The van der Waals surface area contributed by atoms with E-state index in [0.29, 0.717) is 0 Å². The van der Waals surface area contributed by atoms with Crippen molar-refractivity contribution in [3.05, 3.63) is 65.2 Å². The topological polar surface area (TPSA) is 17.1 Å². The number of hydrogen-bond acceptors (Lipinski definition) is 2. The van der Waals surface area contributed by atoms with E-state index in [-0.39, 0.29) is 5.78 Å². The summed E-state index contributed by atoms with van der Waals surface area (Å²) in [5.41, 5.74) is 3.08. The van der Waals surface area contributed by atoms with E-state index in [2.05, 4.69) is 36.4 Å². The van der Waals surface area contributed by atoms with Gasteiger partial charge in [0.15, 0.2) is 5.78 Å². The first-order valence-electron chi connectivity index (χ1n) is 8.26. The normalized spacial score (nSPS) is 15.3. The van der Waals surface area contributed by atoms with Gasteiger partial charge in [-0.3, -0.25) is 4.79 Å². The van der Waals surface area contributed by atoms with E-state index in [4.69, 9.17) is 0 Å². The van der Waals surface area contributed by atoms with Gasteiger partial charge in [-0.25, -0.2) is 0 Å². The van der Waals surface area contributed by atoms with Gasteiger partial charge in [0.2, 0.25) is 0 Å². The van der Waals surface area contributed by atoms with Gasteiger partial charge in [0.25, 0.3) is 0 Å². The van der Waals surface area contributed by atoms with Crippen molar-refractivity contribution in [1.82, 2.24) is 0 Å². The van der Waals surface area contributed by atoms with Gasteiger partial charge in [0.05, 0.1) is 0 Å². The van der Waals surface area contributed by atoms with Gasteiger partial charge in [-0.2, -0.15) is 0 Å². The van der Waals surface area contributed by atoms with Crippen molar-refractivity contribution in [2.75, 3.05) is 0 Å². The second-order valence-electron chi connectivity index (χ2n) is 6.10. The zero-order valence-electron chi connectivity index (χ0n) is 13.5. The number of carbonyl (C=O) groups excluding carboxylic acids is 1. The standard InChI is InChI=1S/C21H22OS/c1-16(22)19-12-8-17(9-13-19)6-7-18-10-14-21(15-11-18)23-20-4-2-3-5-20/h6-15,20H,2-5H2,1H3/b7-6+. The fraction of sp³-hybridized carbons (Fsp3) is 0.286. The fourth-order valence-electron chi connectivity index (χ4n) is 2.88. The van der Waals surface area contributed by atoms with Crippen LogP contribution in [0, 0.1) is 0 Å². The van der Waals surface area contributed by atoms with Crippen molar-refractivity contribution >= 4 is 29.7 Å². The first-order chi connectivity index (χ1) is 11.2. The average Bonchev–Trinajstić information content (AvgIpc) is 3.07. The molecule has 0 bridgehead atoms. The van der Waals surface area contributed by atoms with E-state index in [1.165, 1.54) is 36.1 Å². The number of thioether (sulfide) groups is 1. The first kappa shape index (κ1) is 16.1. The lowest BCUT2D eigenvalue weighted by molar-refractivity contribution is 0.101. The third-order valence-electron chi connectivity index (χ3n) is 4.27. The molecule has 0 N–H and O–H groups in total. The molecule has 1 nitrogen and oxygen atoms in total. The molecule has 1 aliphatic carbocycles. The predicted octanol–water partition coefficient (Wildman–Crippen LogP) is 6.09. The summed E-state index contributed by atoms with van der Waals surface area (Å²) in [5, 5.41) is 0.816. The third-order valence-corrected chi connectivity index (χ3v) is 5.62. The van der Waals surface area contributed by atoms with Crippen LogP contribution in [0.1, 0.15) is 54.1 Å². The number of carbonyl (C=O) groups is 1. The summed E-state index contributed by atoms with van der Waals surface area (Å²) in [5.74, 6) is 0.107. The summed E-state index contributed by atoms with van der Waals surface area (Å²) < 4.78 is 0. The molecule has 0 heterocycles. The van der Waals surface area contributed by atoms with Crippen molar-refractivity contribution in [3.63, 3.8) is 0 Å². The van der Waals surface area contributed by atoms with Gasteiger partial charge >= 0.3 is 0 Å². The van der Waals surface area contributed by atoms with E-state index in [1.54, 1.807) is 6.92 Å². The van der Waals surface area contributed by atoms with Crippen molar-refractivity contribution in [3.8, 4) is 0 Å². The monoisotopic (exact) mass is 322 g/mol. The summed E-state index contributed by atoms with van der Waals surface area (Å²) in [6, 6.07) is 16.5. The summed E-state index contributed by atoms with van der Waals surface area (Å²) in [6.07, 6.45) is 9.71. The second kappa shape index (κ2) is 7.65. The summed E-state index contributed by atoms with van der Waals surface area (Å²) in [4.78, 5) is 12.6. The Morgan fingerprint density at radius 2 is 1.43 bits per heavy atom. The molecule has 0 amide bonds. The zero-order valence-corrected chi connectivity index (χ0v) is 14.3. The molecule has 0 aliphatic heterocycles. The highest BCUT2D eigenvalue weighted by Crippen LogP contribution is 2.34. The van der Waals surface area contributed by atoms with Crippen LogP contribution >= 0.6 is 11.8 Å². The van der Waals surface area contributed by atoms with Crippen LogP contribution in [0.4, 0.5) is 0 Å². The summed E-state index contributed by atoms with van der Waals surface area (Å²) >= 11 is 2.02. The number of Topliss-reactive ketones (excluding diaryl/α,β-unsaturated/α-hetero) is 1. The van der Waals surface area contributed by atoms with Crippen LogP contribution in [0.15, 0.2) is 53.4 Å². The predicted molar refractivity (Wildman–Crippen MR) is 99.9 cm³/mol. The van der Waals surface area contributed by atoms with Crippen molar-refractivity contribution in [2.45, 2.75) is 42.8 Å². The van der Waals surface area contributed by atoms with Crippen LogP contribution in [-0.4, -0.2) is 11.0 Å². The molecule has 2 aromatic carbocycles. The van der Waals surface area contributed by atoms with E-state index >= 15 is 0 Å². The van der Waals surface area contributed by atoms with Gasteiger partial charge in [-0.1, -0.05) is 61.4 Å². The molecular weight excluding hydrogens is 300 g/mol. The molecule has 118 valence electrons. The van der Waals surface area contributed by atoms with Crippen LogP contribution in [0.2, 0.25) is 0 Å². The Morgan fingerprint density at radius 3 is 1.96 bits per heavy atom. The van der Waals surface area contributed by atoms with Crippen LogP contribution in [-0.2, 0) is 0 Å². The van der Waals surface area contributed by atoms with Gasteiger partial charge in [-0.15, -0.1) is 11.8 Å². The van der Waals surface area contributed by atoms with E-state index in [0.717, 1.165) is 16.4 Å². The molecule has 2 heteroatoms. The lowest BCUT2D eigenvalue weighted by Crippen LogP contribution is -1.92. The molecular formula is C21H22OS. The van der Waals surface area contributed by atoms with Crippen LogP contribution < -0.4 is 0 Å². The molecule has 23 heavy (non-hydrogen) atoms. The number of ketones is 1. The minimum atomic E-state index is 0.107. The molecule has 0 radical (unpaired) electrons. The van der Waals surface area contributed by atoms with Gasteiger partial charge in [-0.05, 0) is 43.0 Å². The molecule has 3 rings (SSSR count). The maximum atomic E-state index is 11.3. The Kier molecular flexibility index (Phi) is 5.35. The molecule has 0 spiro atoms. The Hall–Kier alpha value is -1.80. The van der Waals surface area contributed by atoms with Gasteiger partial charge < -0.3 is 0 Å². The van der Waals surface area contributed by atoms with Crippen molar-refractivity contribution in [2.24, 2.45) is 0 Å². The minimum Gasteiger partial charge on any atom is -0.295 e. The first-order valence-corrected chi connectivity index (χ1v) is 9.14. The highest BCUT2D eigenvalue weighted by molar-refractivity contribution is 8.00. The van der Waals surface area contributed by atoms with E-state index in [1.807, 2.05) is 36.0 Å². The SMILES string of the molecule is CC(=O)c1ccc(/C=C/c2ccc(SC3CCCC3)cc2)cc1. The number of rotatable bonds is 5. The van der Waals surface area contributed by atoms with Crippen LogP contribution in [0.5, 0.6) is 0 Å². The lowest BCUT2D eigenvalue weighted by Gasteiger charge is -2.08. The van der Waals surface area contributed by atoms with Gasteiger partial charge in [0.1, 0.15) is 0 Å². The smallest absolute Gasteiger partial charge is 0.159 e. The molecule has 0 atom stereocenters. The zero-order chi connectivity index (χ0) is 16.1. The molecule has 0 aromatic heterocycles. The quantitative estimate of drug-likeness (QED) is 0.489. The Bertz CT molecular complexity index is 677.